The Balaban J connectivity index is 1.67. The molecule has 0 unspecified atom stereocenters. The first kappa shape index (κ1) is 26.4. The van der Waals surface area contributed by atoms with Gasteiger partial charge >= 0.3 is 0 Å². The number of fused-ring (bicyclic) bond motifs is 1. The van der Waals surface area contributed by atoms with E-state index < -0.39 is 0 Å². The van der Waals surface area contributed by atoms with Crippen molar-refractivity contribution in [2.24, 2.45) is 0 Å². The van der Waals surface area contributed by atoms with Crippen LogP contribution < -0.4 is 10.9 Å². The highest BCUT2D eigenvalue weighted by atomic mass is 16.2. The van der Waals surface area contributed by atoms with Crippen LogP contribution in [0.5, 0.6) is 0 Å². The average Bonchev–Trinajstić information content (AvgIpc) is 3.22. The summed E-state index contributed by atoms with van der Waals surface area (Å²) < 4.78 is 1.70. The highest BCUT2D eigenvalue weighted by Crippen LogP contribution is 2.26. The molecule has 1 aliphatic heterocycles. The first-order valence-corrected chi connectivity index (χ1v) is 13.6. The summed E-state index contributed by atoms with van der Waals surface area (Å²) in [6.07, 6.45) is 2.46. The first-order valence-electron chi connectivity index (χ1n) is 13.6. The van der Waals surface area contributed by atoms with Crippen molar-refractivity contribution < 1.29 is 9.59 Å². The standard InChI is InChI=1S/C32H34N4O3/c1-2-28(24-12-5-3-6-13-24)33-31(38)30-26-16-9-10-17-27(26)32(39)36(25-14-7-4-8-15-25)29(30)22-34-18-11-19-35(23-37)21-20-34/h3-10,12-17,23,28H,2,11,18-22H2,1H3,(H,33,38)/t28-/m0/s1. The van der Waals surface area contributed by atoms with Crippen molar-refractivity contribution in [3.8, 4) is 5.69 Å². The first-order chi connectivity index (χ1) is 19.1. The topological polar surface area (TPSA) is 74.7 Å². The molecule has 2 amide bonds. The Hall–Kier alpha value is -4.23. The maximum atomic E-state index is 14.2. The maximum absolute atomic E-state index is 14.2. The number of aromatic nitrogens is 1. The molecule has 0 bridgehead atoms. The van der Waals surface area contributed by atoms with Gasteiger partial charge in [0.1, 0.15) is 0 Å². The van der Waals surface area contributed by atoms with Gasteiger partial charge in [-0.3, -0.25) is 23.9 Å². The number of pyridine rings is 1. The predicted molar refractivity (Wildman–Crippen MR) is 154 cm³/mol. The summed E-state index contributed by atoms with van der Waals surface area (Å²) in [5, 5.41) is 4.42. The van der Waals surface area contributed by atoms with Crippen molar-refractivity contribution in [2.75, 3.05) is 26.2 Å². The molecule has 1 aliphatic rings. The molecule has 5 rings (SSSR count). The van der Waals surface area contributed by atoms with Gasteiger partial charge < -0.3 is 10.2 Å². The van der Waals surface area contributed by atoms with Crippen LogP contribution in [0.1, 0.15) is 47.4 Å². The van der Waals surface area contributed by atoms with Gasteiger partial charge in [0.25, 0.3) is 11.5 Å². The number of carbonyl (C=O) groups is 2. The molecule has 4 aromatic rings. The Kier molecular flexibility index (Phi) is 8.18. The van der Waals surface area contributed by atoms with Crippen LogP contribution >= 0.6 is 0 Å². The van der Waals surface area contributed by atoms with Crippen LogP contribution in [0.15, 0.2) is 89.7 Å². The minimum absolute atomic E-state index is 0.150. The van der Waals surface area contributed by atoms with Gasteiger partial charge in [0, 0.05) is 49.2 Å². The van der Waals surface area contributed by atoms with Gasteiger partial charge in [-0.15, -0.1) is 0 Å². The van der Waals surface area contributed by atoms with E-state index in [1.165, 1.54) is 0 Å². The van der Waals surface area contributed by atoms with E-state index in [4.69, 9.17) is 0 Å². The minimum Gasteiger partial charge on any atom is -0.345 e. The lowest BCUT2D eigenvalue weighted by Gasteiger charge is -2.26. The molecule has 0 radical (unpaired) electrons. The van der Waals surface area contributed by atoms with Crippen LogP contribution in [-0.2, 0) is 11.3 Å². The van der Waals surface area contributed by atoms with Gasteiger partial charge in [-0.1, -0.05) is 73.7 Å². The second kappa shape index (κ2) is 12.1. The molecule has 0 spiro atoms. The van der Waals surface area contributed by atoms with Gasteiger partial charge in [0.2, 0.25) is 6.41 Å². The van der Waals surface area contributed by atoms with E-state index in [1.807, 2.05) is 78.9 Å². The predicted octanol–water partition coefficient (Wildman–Crippen LogP) is 4.54. The zero-order chi connectivity index (χ0) is 27.2. The Morgan fingerprint density at radius 3 is 2.23 bits per heavy atom. The van der Waals surface area contributed by atoms with E-state index in [1.54, 1.807) is 15.5 Å². The van der Waals surface area contributed by atoms with E-state index in [0.717, 1.165) is 37.0 Å². The summed E-state index contributed by atoms with van der Waals surface area (Å²) >= 11 is 0. The maximum Gasteiger partial charge on any atom is 0.263 e. The third kappa shape index (κ3) is 5.64. The van der Waals surface area contributed by atoms with Gasteiger partial charge in [0.05, 0.1) is 17.3 Å². The molecular formula is C32H34N4O3. The molecule has 0 saturated carbocycles. The third-order valence-corrected chi connectivity index (χ3v) is 7.49. The molecule has 2 heterocycles. The summed E-state index contributed by atoms with van der Waals surface area (Å²) in [6.45, 7) is 5.20. The van der Waals surface area contributed by atoms with Gasteiger partial charge in [-0.2, -0.15) is 0 Å². The molecule has 1 aromatic heterocycles. The largest absolute Gasteiger partial charge is 0.345 e. The number of benzene rings is 3. The highest BCUT2D eigenvalue weighted by molar-refractivity contribution is 6.08. The van der Waals surface area contributed by atoms with Crippen LogP contribution in [0.25, 0.3) is 16.5 Å². The second-order valence-electron chi connectivity index (χ2n) is 9.96. The van der Waals surface area contributed by atoms with Gasteiger partial charge in [-0.05, 0) is 36.6 Å². The van der Waals surface area contributed by atoms with E-state index in [9.17, 15) is 14.4 Å². The molecule has 3 aromatic carbocycles. The van der Waals surface area contributed by atoms with Crippen molar-refractivity contribution in [3.05, 3.63) is 112 Å². The number of hydrogen-bond acceptors (Lipinski definition) is 4. The summed E-state index contributed by atoms with van der Waals surface area (Å²) in [5.41, 5.74) is 2.78. The monoisotopic (exact) mass is 522 g/mol. The lowest BCUT2D eigenvalue weighted by atomic mass is 9.99. The van der Waals surface area contributed by atoms with Crippen molar-refractivity contribution in [1.29, 1.82) is 0 Å². The molecule has 39 heavy (non-hydrogen) atoms. The summed E-state index contributed by atoms with van der Waals surface area (Å²) in [7, 11) is 0. The molecule has 1 fully saturated rings. The van der Waals surface area contributed by atoms with Crippen molar-refractivity contribution in [2.45, 2.75) is 32.4 Å². The van der Waals surface area contributed by atoms with Crippen molar-refractivity contribution in [1.82, 2.24) is 19.7 Å². The number of nitrogens with one attached hydrogen (secondary N) is 1. The third-order valence-electron chi connectivity index (χ3n) is 7.49. The normalized spacial score (nSPS) is 15.1. The van der Waals surface area contributed by atoms with E-state index in [-0.39, 0.29) is 17.5 Å². The number of carbonyl (C=O) groups excluding carboxylic acids is 2. The quantitative estimate of drug-likeness (QED) is 0.345. The number of nitrogens with zero attached hydrogens (tertiary/aromatic N) is 3. The molecule has 1 N–H and O–H groups in total. The lowest BCUT2D eigenvalue weighted by Crippen LogP contribution is -2.36. The number of rotatable bonds is 8. The Morgan fingerprint density at radius 2 is 1.54 bits per heavy atom. The number of hydrogen-bond donors (Lipinski definition) is 1. The van der Waals surface area contributed by atoms with Crippen LogP contribution in [0.2, 0.25) is 0 Å². The van der Waals surface area contributed by atoms with Gasteiger partial charge in [0.15, 0.2) is 0 Å². The summed E-state index contributed by atoms with van der Waals surface area (Å²) in [4.78, 5) is 43.6. The smallest absolute Gasteiger partial charge is 0.263 e. The molecule has 1 saturated heterocycles. The fraction of sp³-hybridized carbons (Fsp3) is 0.281. The van der Waals surface area contributed by atoms with E-state index >= 15 is 0 Å². The Morgan fingerprint density at radius 1 is 0.872 bits per heavy atom. The van der Waals surface area contributed by atoms with E-state index in [2.05, 4.69) is 17.1 Å². The Labute approximate surface area is 228 Å². The summed E-state index contributed by atoms with van der Waals surface area (Å²) in [6, 6.07) is 26.7. The molecule has 200 valence electrons. The zero-order valence-electron chi connectivity index (χ0n) is 22.3. The highest BCUT2D eigenvalue weighted by Gasteiger charge is 2.26. The second-order valence-corrected chi connectivity index (χ2v) is 9.96. The van der Waals surface area contributed by atoms with Crippen molar-refractivity contribution >= 4 is 23.1 Å². The fourth-order valence-electron chi connectivity index (χ4n) is 5.45. The Bertz CT molecular complexity index is 1500. The average molecular weight is 523 g/mol. The van der Waals surface area contributed by atoms with Crippen molar-refractivity contribution in [3.63, 3.8) is 0 Å². The summed E-state index contributed by atoms with van der Waals surface area (Å²) in [5.74, 6) is -0.203. The molecule has 1 atom stereocenters. The SMILES string of the molecule is CC[C@H](NC(=O)c1c(CN2CCCN(C=O)CC2)n(-c2ccccc2)c(=O)c2ccccc12)c1ccccc1. The fourth-order valence-corrected chi connectivity index (χ4v) is 5.45. The van der Waals surface area contributed by atoms with Crippen LogP contribution in [0, 0.1) is 0 Å². The van der Waals surface area contributed by atoms with Gasteiger partial charge in [-0.25, -0.2) is 0 Å². The molecule has 0 aliphatic carbocycles. The van der Waals surface area contributed by atoms with Crippen LogP contribution in [0.3, 0.4) is 0 Å². The van der Waals surface area contributed by atoms with Crippen LogP contribution in [0.4, 0.5) is 0 Å². The number of para-hydroxylation sites is 1. The zero-order valence-corrected chi connectivity index (χ0v) is 22.3. The molecule has 7 nitrogen and oxygen atoms in total. The van der Waals surface area contributed by atoms with Crippen LogP contribution in [-0.4, -0.2) is 52.9 Å². The lowest BCUT2D eigenvalue weighted by molar-refractivity contribution is -0.118. The molecule has 7 heteroatoms. The van der Waals surface area contributed by atoms with E-state index in [0.29, 0.717) is 48.2 Å². The molecular weight excluding hydrogens is 488 g/mol. The minimum atomic E-state index is -0.203. The number of amides is 2.